The van der Waals surface area contributed by atoms with Gasteiger partial charge in [-0.3, -0.25) is 9.59 Å². The first-order valence-corrected chi connectivity index (χ1v) is 11.5. The highest BCUT2D eigenvalue weighted by Crippen LogP contribution is 2.55. The number of Topliss-reactive ketones (excluding diaryl/α,β-unsaturated/α-hetero) is 1. The van der Waals surface area contributed by atoms with E-state index < -0.39 is 46.2 Å². The summed E-state index contributed by atoms with van der Waals surface area (Å²) >= 11 is 0. The molecular formula is C26H19NO11. The van der Waals surface area contributed by atoms with Gasteiger partial charge in [0.1, 0.15) is 11.1 Å². The Kier molecular flexibility index (Phi) is 4.77. The molecule has 0 bridgehead atoms. The molecule has 1 atom stereocenters. The van der Waals surface area contributed by atoms with Crippen LogP contribution in [0.1, 0.15) is 48.8 Å². The molecule has 3 aliphatic rings. The molecule has 0 saturated heterocycles. The molecule has 2 aromatic carbocycles. The van der Waals surface area contributed by atoms with Gasteiger partial charge in [0.05, 0.1) is 30.4 Å². The number of nitrogens with one attached hydrogen (secondary N) is 1. The van der Waals surface area contributed by atoms with Crippen LogP contribution in [0.4, 0.5) is 0 Å². The maximum Gasteiger partial charge on any atom is 0.374 e. The number of aromatic hydroxyl groups is 3. The van der Waals surface area contributed by atoms with E-state index in [1.165, 1.54) is 13.1 Å². The molecule has 2 aliphatic heterocycles. The van der Waals surface area contributed by atoms with E-state index in [0.29, 0.717) is 5.56 Å². The first-order valence-electron chi connectivity index (χ1n) is 11.5. The number of esters is 1. The van der Waals surface area contributed by atoms with Crippen LogP contribution in [0.15, 0.2) is 33.1 Å². The lowest BCUT2D eigenvalue weighted by Gasteiger charge is -2.35. The predicted molar refractivity (Wildman–Crippen MR) is 127 cm³/mol. The van der Waals surface area contributed by atoms with Crippen LogP contribution in [-0.4, -0.2) is 52.8 Å². The van der Waals surface area contributed by atoms with Gasteiger partial charge in [-0.1, -0.05) is 0 Å². The summed E-state index contributed by atoms with van der Waals surface area (Å²) in [5.41, 5.74) is -1.21. The van der Waals surface area contributed by atoms with Crippen molar-refractivity contribution in [2.45, 2.75) is 25.0 Å². The molecule has 38 heavy (non-hydrogen) atoms. The molecule has 12 nitrogen and oxygen atoms in total. The fraction of sp³-hybridized carbons (Fsp3) is 0.231. The van der Waals surface area contributed by atoms with Gasteiger partial charge >= 0.3 is 11.6 Å². The van der Waals surface area contributed by atoms with Crippen LogP contribution in [0.2, 0.25) is 0 Å². The van der Waals surface area contributed by atoms with E-state index in [1.54, 1.807) is 6.07 Å². The smallest absolute Gasteiger partial charge is 0.374 e. The summed E-state index contributed by atoms with van der Waals surface area (Å²) < 4.78 is 21.6. The van der Waals surface area contributed by atoms with E-state index in [-0.39, 0.29) is 69.7 Å². The molecule has 1 unspecified atom stereocenters. The molecule has 194 valence electrons. The zero-order valence-electron chi connectivity index (χ0n) is 20.0. The summed E-state index contributed by atoms with van der Waals surface area (Å²) in [7, 11) is 2.58. The summed E-state index contributed by atoms with van der Waals surface area (Å²) in [5.74, 6) is -6.04. The molecule has 12 heteroatoms. The number of benzene rings is 2. The number of ether oxygens (including phenoxy) is 3. The molecule has 1 spiro atoms. The molecule has 0 radical (unpaired) electrons. The van der Waals surface area contributed by atoms with E-state index >= 15 is 0 Å². The Labute approximate surface area is 212 Å². The van der Waals surface area contributed by atoms with Crippen molar-refractivity contribution < 1.29 is 48.3 Å². The van der Waals surface area contributed by atoms with Crippen molar-refractivity contribution >= 4 is 28.3 Å². The number of ketones is 2. The molecular weight excluding hydrogens is 502 g/mol. The zero-order chi connectivity index (χ0) is 27.1. The number of hydrogen-bond acceptors (Lipinski definition) is 12. The van der Waals surface area contributed by atoms with Crippen LogP contribution >= 0.6 is 0 Å². The largest absolute Gasteiger partial charge is 0.507 e. The molecule has 3 aromatic rings. The third-order valence-electron chi connectivity index (χ3n) is 7.00. The minimum Gasteiger partial charge on any atom is -0.507 e. The Hall–Kier alpha value is -5.00. The number of phenolic OH excluding ortho intramolecular Hbond substituents is 3. The average molecular weight is 521 g/mol. The summed E-state index contributed by atoms with van der Waals surface area (Å²) in [6.07, 6.45) is 1.35. The van der Waals surface area contributed by atoms with Gasteiger partial charge in [0.2, 0.25) is 11.5 Å². The fourth-order valence-corrected chi connectivity index (χ4v) is 5.20. The van der Waals surface area contributed by atoms with Crippen molar-refractivity contribution in [3.05, 3.63) is 62.3 Å². The van der Waals surface area contributed by atoms with E-state index in [0.717, 1.165) is 13.2 Å². The number of phenols is 3. The van der Waals surface area contributed by atoms with Gasteiger partial charge in [0.25, 0.3) is 5.79 Å². The van der Waals surface area contributed by atoms with E-state index in [4.69, 9.17) is 13.9 Å². The van der Waals surface area contributed by atoms with Gasteiger partial charge in [-0.2, -0.15) is 0 Å². The average Bonchev–Trinajstić information content (AvgIpc) is 3.27. The highest BCUT2D eigenvalue weighted by atomic mass is 16.7. The van der Waals surface area contributed by atoms with Crippen molar-refractivity contribution in [1.82, 2.24) is 5.32 Å². The number of hydrogen-bond donors (Lipinski definition) is 4. The summed E-state index contributed by atoms with van der Waals surface area (Å²) in [6, 6.07) is 2.84. The lowest BCUT2D eigenvalue weighted by molar-refractivity contribution is -0.112. The van der Waals surface area contributed by atoms with Crippen LogP contribution in [0, 0.1) is 0 Å². The standard InChI is InChI=1S/C26H19NO11/c1-27-12-7-13(28)16-17(19(12)30)21(32)23-11(18(16)29)8-26(38-23)4-3-9-5-10-6-14(24(33)35-2)36-25(34)15(10)20(31)22(9)37-26/h5-7,27,29,31-32H,3-4,8H2,1-2H3. The lowest BCUT2D eigenvalue weighted by Crippen LogP contribution is -2.44. The first-order chi connectivity index (χ1) is 18.1. The normalized spacial score (nSPS) is 19.3. The zero-order valence-corrected chi connectivity index (χ0v) is 20.0. The monoisotopic (exact) mass is 521 g/mol. The number of carbonyl (C=O) groups is 3. The van der Waals surface area contributed by atoms with Crippen molar-refractivity contribution in [3.8, 4) is 28.7 Å². The molecule has 3 heterocycles. The van der Waals surface area contributed by atoms with Crippen molar-refractivity contribution in [1.29, 1.82) is 0 Å². The highest BCUT2D eigenvalue weighted by molar-refractivity contribution is 6.27. The molecule has 0 saturated carbocycles. The van der Waals surface area contributed by atoms with Gasteiger partial charge in [-0.15, -0.1) is 0 Å². The number of aryl methyl sites for hydroxylation is 1. The predicted octanol–water partition coefficient (Wildman–Crippen LogP) is 1.84. The lowest BCUT2D eigenvalue weighted by atomic mass is 9.87. The van der Waals surface area contributed by atoms with Crippen LogP contribution in [-0.2, 0) is 17.6 Å². The Morgan fingerprint density at radius 3 is 2.47 bits per heavy atom. The number of methoxy groups -OCH3 is 1. The minimum absolute atomic E-state index is 0.0568. The highest BCUT2D eigenvalue weighted by Gasteiger charge is 2.50. The van der Waals surface area contributed by atoms with Gasteiger partial charge in [0.15, 0.2) is 28.8 Å². The minimum atomic E-state index is -1.53. The Bertz CT molecular complexity index is 1730. The SMILES string of the molecule is CNC1=CC(=O)c2c(O)c3c(c(O)c2C1=O)OC1(CCc2cc4cc(C(=O)OC)oc(=O)c4c(O)c2O1)C3. The molecule has 0 fully saturated rings. The summed E-state index contributed by atoms with van der Waals surface area (Å²) in [5, 5.41) is 35.5. The van der Waals surface area contributed by atoms with Gasteiger partial charge in [-0.05, 0) is 29.5 Å². The first kappa shape index (κ1) is 23.4. The van der Waals surface area contributed by atoms with Crippen LogP contribution in [0.5, 0.6) is 28.7 Å². The van der Waals surface area contributed by atoms with Crippen LogP contribution in [0.3, 0.4) is 0 Å². The van der Waals surface area contributed by atoms with Crippen molar-refractivity contribution in [2.24, 2.45) is 0 Å². The summed E-state index contributed by atoms with van der Waals surface area (Å²) in [6.45, 7) is 0. The van der Waals surface area contributed by atoms with Crippen molar-refractivity contribution in [2.75, 3.05) is 14.2 Å². The molecule has 1 aliphatic carbocycles. The van der Waals surface area contributed by atoms with Gasteiger partial charge in [0, 0.05) is 25.1 Å². The van der Waals surface area contributed by atoms with Gasteiger partial charge < -0.3 is 39.3 Å². The van der Waals surface area contributed by atoms with E-state index in [9.17, 15) is 34.5 Å². The number of rotatable bonds is 2. The fourth-order valence-electron chi connectivity index (χ4n) is 5.20. The van der Waals surface area contributed by atoms with Crippen LogP contribution < -0.4 is 20.4 Å². The van der Waals surface area contributed by atoms with Crippen molar-refractivity contribution in [3.63, 3.8) is 0 Å². The number of likely N-dealkylation sites (N-methyl/N-ethyl adjacent to an activating group) is 1. The molecule has 4 N–H and O–H groups in total. The Morgan fingerprint density at radius 1 is 1.03 bits per heavy atom. The van der Waals surface area contributed by atoms with E-state index in [1.807, 2.05) is 0 Å². The third-order valence-corrected chi connectivity index (χ3v) is 7.00. The second-order valence-electron chi connectivity index (χ2n) is 9.12. The number of fused-ring (bicyclic) bond motifs is 4. The second-order valence-corrected chi connectivity index (χ2v) is 9.12. The molecule has 6 rings (SSSR count). The Balaban J connectivity index is 1.44. The maximum atomic E-state index is 12.8. The quantitative estimate of drug-likeness (QED) is 0.284. The van der Waals surface area contributed by atoms with Crippen LogP contribution in [0.25, 0.3) is 10.8 Å². The third kappa shape index (κ3) is 3.03. The number of carbonyl (C=O) groups excluding carboxylic acids is 3. The maximum absolute atomic E-state index is 12.8. The topological polar surface area (TPSA) is 182 Å². The molecule has 1 aromatic heterocycles. The second kappa shape index (κ2) is 7.75. The van der Waals surface area contributed by atoms with E-state index in [2.05, 4.69) is 10.1 Å². The van der Waals surface area contributed by atoms with Gasteiger partial charge in [-0.25, -0.2) is 9.59 Å². The number of allylic oxidation sites excluding steroid dienone is 2. The Morgan fingerprint density at radius 2 is 1.76 bits per heavy atom. The summed E-state index contributed by atoms with van der Waals surface area (Å²) in [4.78, 5) is 50.0. The molecule has 0 amide bonds.